The Labute approximate surface area is 143 Å². The van der Waals surface area contributed by atoms with Crippen LogP contribution in [-0.2, 0) is 11.2 Å². The number of hydrogen-bond acceptors (Lipinski definition) is 4. The van der Waals surface area contributed by atoms with E-state index in [1.807, 2.05) is 42.5 Å². The number of methoxy groups -OCH3 is 2. The Bertz CT molecular complexity index is 659. The van der Waals surface area contributed by atoms with Crippen molar-refractivity contribution in [2.45, 2.75) is 12.8 Å². The molecule has 2 rings (SSSR count). The summed E-state index contributed by atoms with van der Waals surface area (Å²) >= 11 is 0. The molecule has 0 fully saturated rings. The van der Waals surface area contributed by atoms with E-state index < -0.39 is 0 Å². The van der Waals surface area contributed by atoms with Crippen LogP contribution in [0.1, 0.15) is 12.0 Å². The molecule has 2 aromatic rings. The van der Waals surface area contributed by atoms with Gasteiger partial charge in [-0.1, -0.05) is 30.3 Å². The third kappa shape index (κ3) is 5.28. The van der Waals surface area contributed by atoms with Crippen LogP contribution in [0.25, 0.3) is 0 Å². The first-order chi connectivity index (χ1) is 11.7. The maximum Gasteiger partial charge on any atom is 0.225 e. The van der Waals surface area contributed by atoms with E-state index in [-0.39, 0.29) is 5.91 Å². The molecule has 0 aliphatic carbocycles. The van der Waals surface area contributed by atoms with Gasteiger partial charge in [-0.15, -0.1) is 0 Å². The first kappa shape index (κ1) is 17.8. The van der Waals surface area contributed by atoms with E-state index in [0.717, 1.165) is 24.3 Å². The predicted molar refractivity (Wildman–Crippen MR) is 95.8 cm³/mol. The summed E-state index contributed by atoms with van der Waals surface area (Å²) in [5.41, 5.74) is 1.85. The van der Waals surface area contributed by atoms with Crippen molar-refractivity contribution >= 4 is 11.6 Å². The van der Waals surface area contributed by atoms with Gasteiger partial charge in [-0.05, 0) is 36.7 Å². The summed E-state index contributed by atoms with van der Waals surface area (Å²) in [6.07, 6.45) is 1.27. The molecule has 5 heteroatoms. The van der Waals surface area contributed by atoms with Gasteiger partial charge in [0.2, 0.25) is 5.91 Å². The molecule has 0 atom stereocenters. The van der Waals surface area contributed by atoms with E-state index in [2.05, 4.69) is 16.7 Å². The second kappa shape index (κ2) is 9.57. The van der Waals surface area contributed by atoms with Crippen LogP contribution in [-0.4, -0.2) is 33.2 Å². The Morgan fingerprint density at radius 1 is 0.917 bits per heavy atom. The minimum atomic E-state index is -0.0377. The number of benzene rings is 2. The Morgan fingerprint density at radius 2 is 1.58 bits per heavy atom. The number of nitrogens with one attached hydrogen (secondary N) is 2. The molecule has 2 N–H and O–H groups in total. The Kier molecular flexibility index (Phi) is 7.11. The summed E-state index contributed by atoms with van der Waals surface area (Å²) in [5, 5.41) is 6.15. The van der Waals surface area contributed by atoms with Gasteiger partial charge in [-0.25, -0.2) is 0 Å². The molecule has 2 aromatic carbocycles. The number of carbonyl (C=O) groups is 1. The van der Waals surface area contributed by atoms with Crippen LogP contribution < -0.4 is 20.1 Å². The largest absolute Gasteiger partial charge is 0.496 e. The van der Waals surface area contributed by atoms with E-state index in [1.54, 1.807) is 14.2 Å². The predicted octanol–water partition coefficient (Wildman–Crippen LogP) is 2.86. The van der Waals surface area contributed by atoms with Crippen molar-refractivity contribution in [3.8, 4) is 11.5 Å². The van der Waals surface area contributed by atoms with Crippen molar-refractivity contribution < 1.29 is 14.3 Å². The molecule has 128 valence electrons. The first-order valence-corrected chi connectivity index (χ1v) is 8.00. The summed E-state index contributed by atoms with van der Waals surface area (Å²) in [6, 6.07) is 15.3. The van der Waals surface area contributed by atoms with E-state index in [1.165, 1.54) is 0 Å². The van der Waals surface area contributed by atoms with Crippen LogP contribution in [0.2, 0.25) is 0 Å². The second-order valence-corrected chi connectivity index (χ2v) is 5.31. The number of amides is 1. The quantitative estimate of drug-likeness (QED) is 0.695. The number of ether oxygens (including phenoxy) is 2. The normalized spacial score (nSPS) is 10.2. The lowest BCUT2D eigenvalue weighted by Gasteiger charge is -2.11. The van der Waals surface area contributed by atoms with Gasteiger partial charge in [0.1, 0.15) is 11.5 Å². The molecule has 0 saturated heterocycles. The zero-order chi connectivity index (χ0) is 17.2. The van der Waals surface area contributed by atoms with E-state index in [4.69, 9.17) is 9.47 Å². The number of anilines is 1. The highest BCUT2D eigenvalue weighted by molar-refractivity contribution is 5.92. The van der Waals surface area contributed by atoms with Gasteiger partial charge in [-0.3, -0.25) is 4.79 Å². The zero-order valence-electron chi connectivity index (χ0n) is 14.2. The summed E-state index contributed by atoms with van der Waals surface area (Å²) in [4.78, 5) is 12.0. The average molecular weight is 328 g/mol. The fourth-order valence-corrected chi connectivity index (χ4v) is 2.42. The highest BCUT2D eigenvalue weighted by atomic mass is 16.5. The van der Waals surface area contributed by atoms with Crippen molar-refractivity contribution in [1.82, 2.24) is 5.32 Å². The van der Waals surface area contributed by atoms with Crippen molar-refractivity contribution in [2.24, 2.45) is 0 Å². The first-order valence-electron chi connectivity index (χ1n) is 8.00. The molecule has 24 heavy (non-hydrogen) atoms. The average Bonchev–Trinajstić information content (AvgIpc) is 2.62. The lowest BCUT2D eigenvalue weighted by molar-refractivity contribution is -0.116. The minimum Gasteiger partial charge on any atom is -0.496 e. The number of hydrogen-bond donors (Lipinski definition) is 2. The van der Waals surface area contributed by atoms with Crippen LogP contribution in [0.3, 0.4) is 0 Å². The fraction of sp³-hybridized carbons (Fsp3) is 0.316. The summed E-state index contributed by atoms with van der Waals surface area (Å²) < 4.78 is 10.5. The van der Waals surface area contributed by atoms with Gasteiger partial charge in [0, 0.05) is 13.0 Å². The van der Waals surface area contributed by atoms with Gasteiger partial charge in [0.15, 0.2) is 0 Å². The van der Waals surface area contributed by atoms with Gasteiger partial charge in [0.25, 0.3) is 0 Å². The third-order valence-corrected chi connectivity index (χ3v) is 3.67. The topological polar surface area (TPSA) is 59.6 Å². The maximum absolute atomic E-state index is 12.0. The molecular formula is C19H24N2O3. The number of rotatable bonds is 9. The van der Waals surface area contributed by atoms with Crippen molar-refractivity contribution in [3.05, 3.63) is 54.1 Å². The molecule has 0 aliphatic rings. The lowest BCUT2D eigenvalue weighted by atomic mass is 10.1. The molecule has 0 saturated carbocycles. The Morgan fingerprint density at radius 3 is 2.33 bits per heavy atom. The van der Waals surface area contributed by atoms with E-state index in [0.29, 0.717) is 24.4 Å². The van der Waals surface area contributed by atoms with Gasteiger partial charge in [0.05, 0.1) is 19.9 Å². The lowest BCUT2D eigenvalue weighted by Crippen LogP contribution is -2.23. The standard InChI is InChI=1S/C19H24N2O3/c1-23-17-9-5-3-7-15(17)11-13-20-14-12-19(22)21-16-8-4-6-10-18(16)24-2/h3-10,20H,11-14H2,1-2H3,(H,21,22). The van der Waals surface area contributed by atoms with Crippen LogP contribution in [0, 0.1) is 0 Å². The molecule has 0 unspecified atom stereocenters. The monoisotopic (exact) mass is 328 g/mol. The molecule has 0 spiro atoms. The van der Waals surface area contributed by atoms with Crippen molar-refractivity contribution in [3.63, 3.8) is 0 Å². The Hall–Kier alpha value is -2.53. The molecule has 0 aliphatic heterocycles. The highest BCUT2D eigenvalue weighted by Crippen LogP contribution is 2.23. The van der Waals surface area contributed by atoms with Crippen LogP contribution in [0.5, 0.6) is 11.5 Å². The summed E-state index contributed by atoms with van der Waals surface area (Å²) in [7, 11) is 3.26. The third-order valence-electron chi connectivity index (χ3n) is 3.67. The Balaban J connectivity index is 1.69. The molecular weight excluding hydrogens is 304 g/mol. The smallest absolute Gasteiger partial charge is 0.225 e. The van der Waals surface area contributed by atoms with E-state index >= 15 is 0 Å². The zero-order valence-corrected chi connectivity index (χ0v) is 14.2. The summed E-state index contributed by atoms with van der Waals surface area (Å²) in [5.74, 6) is 1.52. The second-order valence-electron chi connectivity index (χ2n) is 5.31. The SMILES string of the molecule is COc1ccccc1CCNCCC(=O)Nc1ccccc1OC. The highest BCUT2D eigenvalue weighted by Gasteiger charge is 2.06. The number of carbonyl (C=O) groups excluding carboxylic acids is 1. The number of para-hydroxylation sites is 3. The molecule has 1 amide bonds. The van der Waals surface area contributed by atoms with Crippen LogP contribution in [0.4, 0.5) is 5.69 Å². The molecule has 5 nitrogen and oxygen atoms in total. The maximum atomic E-state index is 12.0. The molecule has 0 radical (unpaired) electrons. The van der Waals surface area contributed by atoms with Crippen molar-refractivity contribution in [1.29, 1.82) is 0 Å². The molecule has 0 aromatic heterocycles. The van der Waals surface area contributed by atoms with Crippen LogP contribution in [0.15, 0.2) is 48.5 Å². The molecule has 0 heterocycles. The van der Waals surface area contributed by atoms with Gasteiger partial charge in [-0.2, -0.15) is 0 Å². The van der Waals surface area contributed by atoms with E-state index in [9.17, 15) is 4.79 Å². The van der Waals surface area contributed by atoms with Gasteiger partial charge < -0.3 is 20.1 Å². The van der Waals surface area contributed by atoms with Crippen LogP contribution >= 0.6 is 0 Å². The summed E-state index contributed by atoms with van der Waals surface area (Å²) in [6.45, 7) is 1.42. The minimum absolute atomic E-state index is 0.0377. The van der Waals surface area contributed by atoms with Crippen molar-refractivity contribution in [2.75, 3.05) is 32.6 Å². The fourth-order valence-electron chi connectivity index (χ4n) is 2.42. The molecule has 0 bridgehead atoms. The van der Waals surface area contributed by atoms with Gasteiger partial charge >= 0.3 is 0 Å².